The van der Waals surface area contributed by atoms with Crippen LogP contribution in [0.1, 0.15) is 26.2 Å². The number of methoxy groups -OCH3 is 1. The predicted molar refractivity (Wildman–Crippen MR) is 59.9 cm³/mol. The number of esters is 1. The van der Waals surface area contributed by atoms with Crippen molar-refractivity contribution in [2.75, 3.05) is 26.7 Å². The van der Waals surface area contributed by atoms with E-state index in [0.717, 1.165) is 25.9 Å². The van der Waals surface area contributed by atoms with Crippen molar-refractivity contribution in [2.24, 2.45) is 0 Å². The first kappa shape index (κ1) is 13.0. The van der Waals surface area contributed by atoms with Gasteiger partial charge in [-0.05, 0) is 26.2 Å². The number of rotatable bonds is 4. The van der Waals surface area contributed by atoms with Gasteiger partial charge in [-0.3, -0.25) is 14.9 Å². The van der Waals surface area contributed by atoms with Crippen LogP contribution in [0.5, 0.6) is 0 Å². The number of carbonyl (C=O) groups excluding carboxylic acids is 2. The van der Waals surface area contributed by atoms with Crippen LogP contribution in [0.4, 0.5) is 0 Å². The van der Waals surface area contributed by atoms with Crippen LogP contribution in [0, 0.1) is 0 Å². The molecule has 1 heterocycles. The average molecular weight is 228 g/mol. The molecule has 1 amide bonds. The van der Waals surface area contributed by atoms with Crippen molar-refractivity contribution >= 4 is 11.9 Å². The number of hydrogen-bond acceptors (Lipinski definition) is 4. The Morgan fingerprint density at radius 1 is 1.31 bits per heavy atom. The van der Waals surface area contributed by atoms with Crippen LogP contribution in [0.2, 0.25) is 0 Å². The summed E-state index contributed by atoms with van der Waals surface area (Å²) in [7, 11) is 1.34. The van der Waals surface area contributed by atoms with Crippen molar-refractivity contribution in [3.63, 3.8) is 0 Å². The molecule has 0 bridgehead atoms. The Kier molecular flexibility index (Phi) is 5.25. The fourth-order valence-electron chi connectivity index (χ4n) is 1.76. The molecular weight excluding hydrogens is 208 g/mol. The Balaban J connectivity index is 2.26. The van der Waals surface area contributed by atoms with E-state index in [9.17, 15) is 9.59 Å². The summed E-state index contributed by atoms with van der Waals surface area (Å²) in [5, 5.41) is 2.86. The zero-order valence-electron chi connectivity index (χ0n) is 9.99. The molecule has 0 radical (unpaired) electrons. The SMILES string of the molecule is COC(=O)C(C)NCC(=O)N1CCCCC1. The van der Waals surface area contributed by atoms with E-state index in [0.29, 0.717) is 0 Å². The monoisotopic (exact) mass is 228 g/mol. The van der Waals surface area contributed by atoms with Gasteiger partial charge in [-0.25, -0.2) is 0 Å². The van der Waals surface area contributed by atoms with Gasteiger partial charge in [0.1, 0.15) is 6.04 Å². The lowest BCUT2D eigenvalue weighted by atomic mass is 10.1. The Morgan fingerprint density at radius 3 is 2.50 bits per heavy atom. The third-order valence-electron chi connectivity index (χ3n) is 2.82. The summed E-state index contributed by atoms with van der Waals surface area (Å²) in [6, 6.07) is -0.432. The van der Waals surface area contributed by atoms with Crippen molar-refractivity contribution in [1.29, 1.82) is 0 Å². The number of nitrogens with one attached hydrogen (secondary N) is 1. The first-order valence-corrected chi connectivity index (χ1v) is 5.74. The maximum Gasteiger partial charge on any atom is 0.322 e. The van der Waals surface area contributed by atoms with Crippen LogP contribution in [-0.2, 0) is 14.3 Å². The highest BCUT2D eigenvalue weighted by Gasteiger charge is 2.18. The molecule has 0 aromatic heterocycles. The van der Waals surface area contributed by atoms with Crippen LogP contribution in [-0.4, -0.2) is 49.6 Å². The van der Waals surface area contributed by atoms with E-state index in [1.165, 1.54) is 13.5 Å². The molecule has 1 atom stereocenters. The van der Waals surface area contributed by atoms with Gasteiger partial charge in [0.25, 0.3) is 0 Å². The molecule has 1 aliphatic heterocycles. The lowest BCUT2D eigenvalue weighted by Gasteiger charge is -2.27. The summed E-state index contributed by atoms with van der Waals surface area (Å²) in [4.78, 5) is 24.7. The second kappa shape index (κ2) is 6.48. The van der Waals surface area contributed by atoms with Gasteiger partial charge in [-0.15, -0.1) is 0 Å². The fourth-order valence-corrected chi connectivity index (χ4v) is 1.76. The van der Waals surface area contributed by atoms with Crippen molar-refractivity contribution < 1.29 is 14.3 Å². The Morgan fingerprint density at radius 2 is 1.94 bits per heavy atom. The third kappa shape index (κ3) is 3.81. The molecule has 1 aliphatic rings. The average Bonchev–Trinajstić information content (AvgIpc) is 2.35. The molecule has 0 saturated carbocycles. The van der Waals surface area contributed by atoms with Gasteiger partial charge < -0.3 is 9.64 Å². The van der Waals surface area contributed by atoms with E-state index in [1.807, 2.05) is 4.90 Å². The topological polar surface area (TPSA) is 58.6 Å². The Labute approximate surface area is 96.1 Å². The minimum atomic E-state index is -0.432. The molecule has 1 N–H and O–H groups in total. The molecule has 1 rings (SSSR count). The molecule has 0 aromatic rings. The number of ether oxygens (including phenoxy) is 1. The van der Waals surface area contributed by atoms with Crippen LogP contribution < -0.4 is 5.32 Å². The lowest BCUT2D eigenvalue weighted by molar-refractivity contribution is -0.142. The van der Waals surface area contributed by atoms with E-state index < -0.39 is 6.04 Å². The quantitative estimate of drug-likeness (QED) is 0.696. The summed E-state index contributed by atoms with van der Waals surface area (Å²) in [5.41, 5.74) is 0. The first-order valence-electron chi connectivity index (χ1n) is 5.74. The van der Waals surface area contributed by atoms with Gasteiger partial charge in [0, 0.05) is 13.1 Å². The van der Waals surface area contributed by atoms with E-state index in [-0.39, 0.29) is 18.4 Å². The molecule has 5 nitrogen and oxygen atoms in total. The number of amides is 1. The van der Waals surface area contributed by atoms with Gasteiger partial charge in [0.05, 0.1) is 13.7 Å². The third-order valence-corrected chi connectivity index (χ3v) is 2.82. The van der Waals surface area contributed by atoms with Crippen molar-refractivity contribution in [2.45, 2.75) is 32.2 Å². The van der Waals surface area contributed by atoms with Crippen molar-refractivity contribution in [3.8, 4) is 0 Å². The normalized spacial score (nSPS) is 18.0. The molecule has 1 saturated heterocycles. The summed E-state index contributed by atoms with van der Waals surface area (Å²) in [6.07, 6.45) is 3.37. The number of hydrogen-bond donors (Lipinski definition) is 1. The van der Waals surface area contributed by atoms with Crippen molar-refractivity contribution in [1.82, 2.24) is 10.2 Å². The van der Waals surface area contributed by atoms with Gasteiger partial charge in [-0.1, -0.05) is 0 Å². The summed E-state index contributed by atoms with van der Waals surface area (Å²) < 4.78 is 4.56. The molecule has 1 fully saturated rings. The maximum atomic E-state index is 11.7. The smallest absolute Gasteiger partial charge is 0.322 e. The largest absolute Gasteiger partial charge is 0.468 e. The molecule has 0 aromatic carbocycles. The maximum absolute atomic E-state index is 11.7. The van der Waals surface area contributed by atoms with Crippen LogP contribution in [0.25, 0.3) is 0 Å². The molecule has 92 valence electrons. The van der Waals surface area contributed by atoms with Gasteiger partial charge >= 0.3 is 5.97 Å². The standard InChI is InChI=1S/C11H20N2O3/c1-9(11(15)16-2)12-8-10(14)13-6-4-3-5-7-13/h9,12H,3-8H2,1-2H3. The number of piperidine rings is 1. The van der Waals surface area contributed by atoms with E-state index in [4.69, 9.17) is 0 Å². The molecule has 1 unspecified atom stereocenters. The molecule has 5 heteroatoms. The van der Waals surface area contributed by atoms with Crippen molar-refractivity contribution in [3.05, 3.63) is 0 Å². The fraction of sp³-hybridized carbons (Fsp3) is 0.818. The van der Waals surface area contributed by atoms with E-state index >= 15 is 0 Å². The summed E-state index contributed by atoms with van der Waals surface area (Å²) in [6.45, 7) is 3.58. The minimum absolute atomic E-state index is 0.0652. The number of likely N-dealkylation sites (tertiary alicyclic amines) is 1. The van der Waals surface area contributed by atoms with Gasteiger partial charge in [-0.2, -0.15) is 0 Å². The summed E-state index contributed by atoms with van der Waals surface area (Å²) in [5.74, 6) is -0.276. The van der Waals surface area contributed by atoms with Gasteiger partial charge in [0.2, 0.25) is 5.91 Å². The Bertz CT molecular complexity index is 250. The zero-order chi connectivity index (χ0) is 12.0. The highest BCUT2D eigenvalue weighted by molar-refractivity contribution is 5.80. The predicted octanol–water partition coefficient (Wildman–Crippen LogP) is 0.150. The van der Waals surface area contributed by atoms with Crippen LogP contribution >= 0.6 is 0 Å². The summed E-state index contributed by atoms with van der Waals surface area (Å²) >= 11 is 0. The number of nitrogens with zero attached hydrogens (tertiary/aromatic N) is 1. The first-order chi connectivity index (χ1) is 7.65. The highest BCUT2D eigenvalue weighted by Crippen LogP contribution is 2.08. The lowest BCUT2D eigenvalue weighted by Crippen LogP contribution is -2.45. The molecule has 0 aliphatic carbocycles. The van der Waals surface area contributed by atoms with Crippen LogP contribution in [0.15, 0.2) is 0 Å². The zero-order valence-corrected chi connectivity index (χ0v) is 9.99. The Hall–Kier alpha value is -1.10. The second-order valence-corrected chi connectivity index (χ2v) is 4.07. The highest BCUT2D eigenvalue weighted by atomic mass is 16.5. The van der Waals surface area contributed by atoms with Crippen LogP contribution in [0.3, 0.4) is 0 Å². The van der Waals surface area contributed by atoms with E-state index in [1.54, 1.807) is 6.92 Å². The van der Waals surface area contributed by atoms with Gasteiger partial charge in [0.15, 0.2) is 0 Å². The second-order valence-electron chi connectivity index (χ2n) is 4.07. The minimum Gasteiger partial charge on any atom is -0.468 e. The molecular formula is C11H20N2O3. The molecule has 0 spiro atoms. The van der Waals surface area contributed by atoms with E-state index in [2.05, 4.69) is 10.1 Å². The molecule has 16 heavy (non-hydrogen) atoms. The number of carbonyl (C=O) groups is 2.